The third kappa shape index (κ3) is 6.79. The first-order chi connectivity index (χ1) is 13.6. The van der Waals surface area contributed by atoms with Crippen LogP contribution >= 0.6 is 46.9 Å². The maximum absolute atomic E-state index is 5.57. The summed E-state index contributed by atoms with van der Waals surface area (Å²) in [6, 6.07) is 12.1. The van der Waals surface area contributed by atoms with Gasteiger partial charge in [-0.25, -0.2) is 0 Å². The average molecular weight is 531 g/mol. The lowest BCUT2D eigenvalue weighted by atomic mass is 10.2. The van der Waals surface area contributed by atoms with Crippen LogP contribution in [0.5, 0.6) is 0 Å². The van der Waals surface area contributed by atoms with Crippen molar-refractivity contribution in [1.82, 2.24) is 20.1 Å². The van der Waals surface area contributed by atoms with Crippen LogP contribution in [-0.4, -0.2) is 46.1 Å². The van der Waals surface area contributed by atoms with E-state index in [-0.39, 0.29) is 0 Å². The zero-order valence-corrected chi connectivity index (χ0v) is 19.0. The first-order valence-electron chi connectivity index (χ1n) is 8.78. The molecule has 0 amide bonds. The Kier molecular flexibility index (Phi) is 8.70. The van der Waals surface area contributed by atoms with E-state index >= 15 is 0 Å². The molecule has 1 aromatic carbocycles. The molecule has 1 aromatic heterocycles. The van der Waals surface area contributed by atoms with Crippen molar-refractivity contribution in [1.29, 1.82) is 0 Å². The molecule has 3 N–H and O–H groups in total. The second-order valence-corrected chi connectivity index (χ2v) is 8.69. The van der Waals surface area contributed by atoms with Gasteiger partial charge in [-0.1, -0.05) is 12.1 Å². The Morgan fingerprint density at radius 2 is 1.93 bits per heavy atom. The molecular weight excluding hydrogens is 509 g/mol. The highest BCUT2D eigenvalue weighted by Crippen LogP contribution is 2.19. The molecule has 150 valence electrons. The first kappa shape index (κ1) is 21.7. The Balaban J connectivity index is 1.39. The van der Waals surface area contributed by atoms with Gasteiger partial charge in [-0.2, -0.15) is 5.90 Å². The van der Waals surface area contributed by atoms with E-state index in [9.17, 15) is 0 Å². The van der Waals surface area contributed by atoms with E-state index in [0.29, 0.717) is 6.54 Å². The van der Waals surface area contributed by atoms with Crippen molar-refractivity contribution in [2.24, 2.45) is 5.90 Å². The summed E-state index contributed by atoms with van der Waals surface area (Å²) in [6.07, 6.45) is 1.91. The van der Waals surface area contributed by atoms with Gasteiger partial charge in [0.2, 0.25) is 0 Å². The minimum Gasteiger partial charge on any atom is -0.358 e. The van der Waals surface area contributed by atoms with Crippen LogP contribution in [-0.2, 0) is 22.4 Å². The van der Waals surface area contributed by atoms with Crippen LogP contribution < -0.4 is 11.2 Å². The molecule has 0 atom stereocenters. The van der Waals surface area contributed by atoms with Crippen molar-refractivity contribution < 1.29 is 9.32 Å². The number of halogens is 1. The number of pyridine rings is 1. The molecule has 1 aliphatic heterocycles. The molecule has 0 radical (unpaired) electrons. The van der Waals surface area contributed by atoms with E-state index in [4.69, 9.17) is 18.1 Å². The largest absolute Gasteiger partial charge is 0.358 e. The molecule has 0 spiro atoms. The minimum absolute atomic E-state index is 0.685. The van der Waals surface area contributed by atoms with Gasteiger partial charge in [-0.05, 0) is 64.6 Å². The van der Waals surface area contributed by atoms with E-state index in [1.165, 1.54) is 0 Å². The maximum atomic E-state index is 5.57. The van der Waals surface area contributed by atoms with Crippen molar-refractivity contribution in [3.05, 3.63) is 57.4 Å². The summed E-state index contributed by atoms with van der Waals surface area (Å²) in [5.74, 6) is 4.83. The topological polar surface area (TPSA) is 75.9 Å². The minimum atomic E-state index is 0.685. The van der Waals surface area contributed by atoms with Gasteiger partial charge in [0, 0.05) is 53.9 Å². The molecule has 0 unspecified atom stereocenters. The second kappa shape index (κ2) is 11.2. The van der Waals surface area contributed by atoms with Gasteiger partial charge in [0.1, 0.15) is 0 Å². The molecule has 10 heteroatoms. The fourth-order valence-electron chi connectivity index (χ4n) is 2.85. The van der Waals surface area contributed by atoms with Crippen LogP contribution in [0.15, 0.2) is 47.5 Å². The molecule has 1 saturated heterocycles. The van der Waals surface area contributed by atoms with Gasteiger partial charge in [-0.15, -0.1) is 9.32 Å². The normalized spacial score (nSPS) is 14.9. The van der Waals surface area contributed by atoms with E-state index in [2.05, 4.69) is 64.1 Å². The molecule has 28 heavy (non-hydrogen) atoms. The van der Waals surface area contributed by atoms with E-state index < -0.39 is 0 Å². The number of rotatable bonds is 7. The Bertz CT molecular complexity index is 756. The molecule has 1 fully saturated rings. The lowest BCUT2D eigenvalue weighted by molar-refractivity contribution is -0.195. The predicted octanol–water partition coefficient (Wildman–Crippen LogP) is 2.71. The molecular formula is C18H22IN5O2S2. The van der Waals surface area contributed by atoms with E-state index in [1.54, 1.807) is 0 Å². The summed E-state index contributed by atoms with van der Waals surface area (Å²) in [6.45, 7) is 5.36. The van der Waals surface area contributed by atoms with Gasteiger partial charge in [-0.3, -0.25) is 9.88 Å². The summed E-state index contributed by atoms with van der Waals surface area (Å²) >= 11 is 8.91. The third-order valence-electron chi connectivity index (χ3n) is 4.37. The lowest BCUT2D eigenvalue weighted by Crippen LogP contribution is -2.51. The van der Waals surface area contributed by atoms with Gasteiger partial charge >= 0.3 is 0 Å². The molecule has 3 rings (SSSR count). The van der Waals surface area contributed by atoms with Crippen LogP contribution in [0.1, 0.15) is 11.3 Å². The number of nitrogens with two attached hydrogens (primary N) is 1. The number of benzene rings is 1. The monoisotopic (exact) mass is 531 g/mol. The Hall–Kier alpha value is -1.02. The zero-order valence-electron chi connectivity index (χ0n) is 15.2. The highest BCUT2D eigenvalue weighted by atomic mass is 127. The summed E-state index contributed by atoms with van der Waals surface area (Å²) in [4.78, 5) is 14.1. The van der Waals surface area contributed by atoms with Gasteiger partial charge in [0.15, 0.2) is 5.11 Å². The number of hydrogen-bond acceptors (Lipinski definition) is 7. The Morgan fingerprint density at radius 1 is 1.18 bits per heavy atom. The summed E-state index contributed by atoms with van der Waals surface area (Å²) in [5, 5.41) is 4.14. The number of piperazine rings is 1. The smallest absolute Gasteiger partial charge is 0.169 e. The average Bonchev–Trinajstić information content (AvgIpc) is 2.73. The summed E-state index contributed by atoms with van der Waals surface area (Å²) < 4.78 is 5.79. The molecule has 7 nitrogen and oxygen atoms in total. The van der Waals surface area contributed by atoms with Crippen LogP contribution in [0.25, 0.3) is 0 Å². The molecule has 0 aliphatic carbocycles. The van der Waals surface area contributed by atoms with Crippen LogP contribution in [0.4, 0.5) is 0 Å². The van der Waals surface area contributed by atoms with Gasteiger partial charge < -0.3 is 10.2 Å². The van der Waals surface area contributed by atoms with E-state index in [1.807, 2.05) is 30.5 Å². The fraction of sp³-hybridized carbons (Fsp3) is 0.333. The van der Waals surface area contributed by atoms with Crippen molar-refractivity contribution in [3.8, 4) is 0 Å². The summed E-state index contributed by atoms with van der Waals surface area (Å²) in [5.41, 5.74) is 2.25. The number of nitrogens with zero attached hydrogens (tertiary/aromatic N) is 3. The molecule has 2 heterocycles. The summed E-state index contributed by atoms with van der Waals surface area (Å²) in [7, 11) is 0. The molecule has 1 aliphatic rings. The van der Waals surface area contributed by atoms with Gasteiger partial charge in [0.05, 0.1) is 17.7 Å². The number of thiocarbonyl (C=S) groups is 1. The fourth-order valence-corrected chi connectivity index (χ4v) is 3.79. The number of aromatic nitrogens is 1. The predicted molar refractivity (Wildman–Crippen MR) is 122 cm³/mol. The highest BCUT2D eigenvalue weighted by Gasteiger charge is 2.19. The second-order valence-electron chi connectivity index (χ2n) is 6.28. The standard InChI is InChI=1S/C18H22IN5O2S2/c19-15-3-4-16(21-12-15)13-23-7-9-24(10-8-23)18(27)22-11-14-1-5-17(6-2-14)28-26-25-20/h1-6,12H,7-11,13,20H2,(H,22,27). The van der Waals surface area contributed by atoms with Gasteiger partial charge in [0.25, 0.3) is 0 Å². The molecule has 0 bridgehead atoms. The van der Waals surface area contributed by atoms with Crippen LogP contribution in [0.2, 0.25) is 0 Å². The highest BCUT2D eigenvalue weighted by molar-refractivity contribution is 14.1. The molecule has 0 saturated carbocycles. The number of nitrogens with one attached hydrogen (secondary N) is 1. The Morgan fingerprint density at radius 3 is 2.57 bits per heavy atom. The molecule has 2 aromatic rings. The van der Waals surface area contributed by atoms with Crippen molar-refractivity contribution in [3.63, 3.8) is 0 Å². The first-order valence-corrected chi connectivity index (χ1v) is 11.0. The van der Waals surface area contributed by atoms with Crippen LogP contribution in [0, 0.1) is 3.57 Å². The number of hydrogen-bond donors (Lipinski definition) is 2. The zero-order chi connectivity index (χ0) is 19.8. The van der Waals surface area contributed by atoms with Crippen molar-refractivity contribution in [2.45, 2.75) is 18.0 Å². The van der Waals surface area contributed by atoms with Crippen LogP contribution in [0.3, 0.4) is 0 Å². The van der Waals surface area contributed by atoms with Crippen molar-refractivity contribution in [2.75, 3.05) is 26.2 Å². The Labute approximate surface area is 188 Å². The SMILES string of the molecule is NOOSc1ccc(CNC(=S)N2CCN(Cc3ccc(I)cn3)CC2)cc1. The lowest BCUT2D eigenvalue weighted by Gasteiger charge is -2.36. The maximum Gasteiger partial charge on any atom is 0.169 e. The third-order valence-corrected chi connectivity index (χ3v) is 6.02. The van der Waals surface area contributed by atoms with E-state index in [0.717, 1.165) is 69.6 Å². The quantitative estimate of drug-likeness (QED) is 0.185. The van der Waals surface area contributed by atoms with Crippen molar-refractivity contribution >= 4 is 52.0 Å².